The van der Waals surface area contributed by atoms with Crippen molar-refractivity contribution in [3.63, 3.8) is 0 Å². The van der Waals surface area contributed by atoms with Crippen LogP contribution in [0.3, 0.4) is 0 Å². The summed E-state index contributed by atoms with van der Waals surface area (Å²) in [6, 6.07) is 11.8. The molecular formula is C24H27N3O6S. The van der Waals surface area contributed by atoms with Gasteiger partial charge in [0.15, 0.2) is 0 Å². The number of esters is 1. The smallest absolute Gasteiger partial charge is 0.336 e. The van der Waals surface area contributed by atoms with Gasteiger partial charge in [-0.3, -0.25) is 4.79 Å². The first-order valence-electron chi connectivity index (χ1n) is 10.6. The third kappa shape index (κ3) is 5.88. The van der Waals surface area contributed by atoms with Crippen LogP contribution in [0.15, 0.2) is 48.5 Å². The average Bonchev–Trinajstić information content (AvgIpc) is 3.19. The molecule has 3 amide bonds. The molecule has 0 aromatic heterocycles. The molecule has 3 rings (SSSR count). The summed E-state index contributed by atoms with van der Waals surface area (Å²) >= 11 is 1.43. The first kappa shape index (κ1) is 25.1. The molecule has 1 heterocycles. The van der Waals surface area contributed by atoms with Crippen LogP contribution in [-0.4, -0.2) is 51.3 Å². The largest absolute Gasteiger partial charge is 0.478 e. The summed E-state index contributed by atoms with van der Waals surface area (Å²) in [5.41, 5.74) is 5.40. The number of rotatable bonds is 6. The number of hydrogen-bond acceptors (Lipinski definition) is 6. The highest BCUT2D eigenvalue weighted by molar-refractivity contribution is 7.99. The number of nitrogens with one attached hydrogen (secondary N) is 1. The van der Waals surface area contributed by atoms with Crippen molar-refractivity contribution in [2.45, 2.75) is 44.2 Å². The maximum absolute atomic E-state index is 13.7. The quantitative estimate of drug-likeness (QED) is 0.533. The molecule has 2 unspecified atom stereocenters. The van der Waals surface area contributed by atoms with Crippen molar-refractivity contribution in [2.24, 2.45) is 5.73 Å². The number of nitrogens with zero attached hydrogens (tertiary/aromatic N) is 1. The number of primary amides is 1. The van der Waals surface area contributed by atoms with Gasteiger partial charge in [-0.2, -0.15) is 0 Å². The Bertz CT molecular complexity index is 1100. The van der Waals surface area contributed by atoms with E-state index in [1.54, 1.807) is 20.8 Å². The van der Waals surface area contributed by atoms with Gasteiger partial charge in [-0.15, -0.1) is 11.8 Å². The molecule has 0 aliphatic carbocycles. The number of benzene rings is 2. The van der Waals surface area contributed by atoms with Crippen LogP contribution in [-0.2, 0) is 20.7 Å². The van der Waals surface area contributed by atoms with Crippen molar-refractivity contribution < 1.29 is 29.0 Å². The van der Waals surface area contributed by atoms with Gasteiger partial charge < -0.3 is 25.8 Å². The molecular weight excluding hydrogens is 458 g/mol. The minimum Gasteiger partial charge on any atom is -0.478 e. The lowest BCUT2D eigenvalue weighted by Gasteiger charge is -2.31. The normalized spacial score (nSPS) is 17.8. The van der Waals surface area contributed by atoms with E-state index in [4.69, 9.17) is 10.5 Å². The number of amides is 3. The maximum Gasteiger partial charge on any atom is 0.336 e. The van der Waals surface area contributed by atoms with Crippen LogP contribution < -0.4 is 11.1 Å². The molecule has 1 saturated heterocycles. The summed E-state index contributed by atoms with van der Waals surface area (Å²) in [5.74, 6) is -1.94. The number of urea groups is 1. The summed E-state index contributed by atoms with van der Waals surface area (Å²) in [6.45, 7) is 5.25. The maximum atomic E-state index is 13.7. The first-order chi connectivity index (χ1) is 16.0. The summed E-state index contributed by atoms with van der Waals surface area (Å²) < 4.78 is 5.56. The van der Waals surface area contributed by atoms with E-state index in [1.807, 2.05) is 30.3 Å². The third-order valence-corrected chi connectivity index (χ3v) is 6.37. The standard InChI is InChI=1S/C24H27N3O6S/c1-24(2,3)33-22(31)18-13-34-20(14-8-5-4-6-9-14)27(18)19(28)12-16-15(21(29)30)10-7-11-17(16)26-23(25)32/h4-11,18,20H,12-13H2,1-3H3,(H,29,30)(H3,25,26,32). The van der Waals surface area contributed by atoms with Gasteiger partial charge in [-0.1, -0.05) is 36.4 Å². The highest BCUT2D eigenvalue weighted by atomic mass is 32.2. The Morgan fingerprint density at radius 3 is 2.38 bits per heavy atom. The van der Waals surface area contributed by atoms with Gasteiger partial charge in [0, 0.05) is 11.4 Å². The van der Waals surface area contributed by atoms with Crippen molar-refractivity contribution in [1.29, 1.82) is 0 Å². The second-order valence-corrected chi connectivity index (χ2v) is 9.86. The van der Waals surface area contributed by atoms with Crippen LogP contribution in [0, 0.1) is 0 Å². The summed E-state index contributed by atoms with van der Waals surface area (Å²) in [5, 5.41) is 11.6. The van der Waals surface area contributed by atoms with E-state index < -0.39 is 40.9 Å². The predicted octanol–water partition coefficient (Wildman–Crippen LogP) is 3.40. The highest BCUT2D eigenvalue weighted by Crippen LogP contribution is 2.42. The van der Waals surface area contributed by atoms with Gasteiger partial charge in [0.05, 0.1) is 12.0 Å². The number of thioether (sulfide) groups is 1. The zero-order chi connectivity index (χ0) is 25.0. The molecule has 0 spiro atoms. The van der Waals surface area contributed by atoms with E-state index in [2.05, 4.69) is 5.32 Å². The SMILES string of the molecule is CC(C)(C)OC(=O)C1CSC(c2ccccc2)N1C(=O)Cc1c(NC(N)=O)cccc1C(=O)O. The Morgan fingerprint density at radius 2 is 1.79 bits per heavy atom. The molecule has 0 bridgehead atoms. The van der Waals surface area contributed by atoms with E-state index >= 15 is 0 Å². The molecule has 9 nitrogen and oxygen atoms in total. The fourth-order valence-corrected chi connectivity index (χ4v) is 5.14. The van der Waals surface area contributed by atoms with Crippen LogP contribution in [0.25, 0.3) is 0 Å². The van der Waals surface area contributed by atoms with Crippen LogP contribution >= 0.6 is 11.8 Å². The lowest BCUT2D eigenvalue weighted by atomic mass is 10.0. The zero-order valence-electron chi connectivity index (χ0n) is 19.1. The van der Waals surface area contributed by atoms with E-state index in [0.717, 1.165) is 5.56 Å². The Labute approximate surface area is 201 Å². The molecule has 1 fully saturated rings. The number of carbonyl (C=O) groups is 4. The third-order valence-electron chi connectivity index (χ3n) is 5.04. The van der Waals surface area contributed by atoms with Crippen LogP contribution in [0.1, 0.15) is 47.6 Å². The number of ether oxygens (including phenoxy) is 1. The van der Waals surface area contributed by atoms with Crippen molar-refractivity contribution in [3.05, 3.63) is 65.2 Å². The van der Waals surface area contributed by atoms with Gasteiger partial charge in [0.1, 0.15) is 17.0 Å². The second-order valence-electron chi connectivity index (χ2n) is 8.75. The van der Waals surface area contributed by atoms with Crippen LogP contribution in [0.5, 0.6) is 0 Å². The number of carboxylic acids is 1. The van der Waals surface area contributed by atoms with Crippen molar-refractivity contribution in [1.82, 2.24) is 4.90 Å². The van der Waals surface area contributed by atoms with Crippen molar-refractivity contribution >= 4 is 41.3 Å². The van der Waals surface area contributed by atoms with Crippen LogP contribution in [0.4, 0.5) is 10.5 Å². The van der Waals surface area contributed by atoms with Gasteiger partial charge in [0.2, 0.25) is 5.91 Å². The minimum absolute atomic E-state index is 0.102. The topological polar surface area (TPSA) is 139 Å². The van der Waals surface area contributed by atoms with E-state index in [1.165, 1.54) is 34.9 Å². The number of aromatic carboxylic acids is 1. The van der Waals surface area contributed by atoms with Gasteiger partial charge in [0.25, 0.3) is 0 Å². The van der Waals surface area contributed by atoms with Crippen molar-refractivity contribution in [3.8, 4) is 0 Å². The summed E-state index contributed by atoms with van der Waals surface area (Å²) in [4.78, 5) is 51.4. The lowest BCUT2D eigenvalue weighted by molar-refractivity contribution is -0.163. The van der Waals surface area contributed by atoms with Crippen molar-refractivity contribution in [2.75, 3.05) is 11.1 Å². The molecule has 4 N–H and O–H groups in total. The monoisotopic (exact) mass is 485 g/mol. The number of carbonyl (C=O) groups excluding carboxylic acids is 3. The molecule has 1 aliphatic rings. The predicted molar refractivity (Wildman–Crippen MR) is 128 cm³/mol. The minimum atomic E-state index is -1.25. The molecule has 0 saturated carbocycles. The van der Waals surface area contributed by atoms with Gasteiger partial charge in [-0.05, 0) is 44.0 Å². The van der Waals surface area contributed by atoms with Gasteiger partial charge >= 0.3 is 18.0 Å². The second kappa shape index (κ2) is 10.2. The molecule has 10 heteroatoms. The molecule has 180 valence electrons. The Kier molecular flexibility index (Phi) is 7.51. The molecule has 2 aromatic rings. The molecule has 2 aromatic carbocycles. The van der Waals surface area contributed by atoms with Crippen LogP contribution in [0.2, 0.25) is 0 Å². The average molecular weight is 486 g/mol. The fourth-order valence-electron chi connectivity index (χ4n) is 3.71. The van der Waals surface area contributed by atoms with Gasteiger partial charge in [-0.25, -0.2) is 14.4 Å². The summed E-state index contributed by atoms with van der Waals surface area (Å²) in [7, 11) is 0. The van der Waals surface area contributed by atoms with E-state index in [9.17, 15) is 24.3 Å². The Hall–Kier alpha value is -3.53. The number of hydrogen-bond donors (Lipinski definition) is 3. The van der Waals surface area contributed by atoms with E-state index in [-0.39, 0.29) is 23.2 Å². The molecule has 0 radical (unpaired) electrons. The first-order valence-corrected chi connectivity index (χ1v) is 11.6. The number of carboxylic acid groups (broad SMARTS) is 1. The fraction of sp³-hybridized carbons (Fsp3) is 0.333. The molecule has 1 aliphatic heterocycles. The van der Waals surface area contributed by atoms with E-state index in [0.29, 0.717) is 5.75 Å². The summed E-state index contributed by atoms with van der Waals surface area (Å²) in [6.07, 6.45) is -0.360. The number of nitrogens with two attached hydrogens (primary N) is 1. The zero-order valence-corrected chi connectivity index (χ0v) is 19.9. The molecule has 2 atom stereocenters. The lowest BCUT2D eigenvalue weighted by Crippen LogP contribution is -2.46. The Morgan fingerprint density at radius 1 is 1.12 bits per heavy atom. The number of anilines is 1. The highest BCUT2D eigenvalue weighted by Gasteiger charge is 2.44. The Balaban J connectivity index is 2.01. The molecule has 34 heavy (non-hydrogen) atoms.